The fraction of sp³-hybridized carbons (Fsp3) is 0.167. The second-order valence-electron chi connectivity index (χ2n) is 3.95. The van der Waals surface area contributed by atoms with Gasteiger partial charge in [0.15, 0.2) is 5.78 Å². The fourth-order valence-corrected chi connectivity index (χ4v) is 2.58. The molecule has 0 aliphatic heterocycles. The van der Waals surface area contributed by atoms with E-state index in [2.05, 4.69) is 5.10 Å². The number of non-ortho nitro benzene ring substituents is 1. The maximum absolute atomic E-state index is 11.6. The number of nitro groups is 1. The van der Waals surface area contributed by atoms with Crippen LogP contribution in [0.25, 0.3) is 0 Å². The maximum Gasteiger partial charge on any atom is 0.270 e. The first-order valence-electron chi connectivity index (χ1n) is 5.43. The quantitative estimate of drug-likeness (QED) is 0.487. The third kappa shape index (κ3) is 3.00. The molecule has 0 aliphatic rings. The van der Waals surface area contributed by atoms with Crippen molar-refractivity contribution in [3.8, 4) is 0 Å². The van der Waals surface area contributed by atoms with Crippen LogP contribution in [-0.4, -0.2) is 20.5 Å². The van der Waals surface area contributed by atoms with Crippen molar-refractivity contribution >= 4 is 23.2 Å². The van der Waals surface area contributed by atoms with E-state index in [0.29, 0.717) is 10.5 Å². The van der Waals surface area contributed by atoms with E-state index in [9.17, 15) is 14.9 Å². The van der Waals surface area contributed by atoms with Crippen molar-refractivity contribution in [1.29, 1.82) is 0 Å². The number of hydrogen-bond donors (Lipinski definition) is 0. The van der Waals surface area contributed by atoms with Crippen LogP contribution >= 0.6 is 11.8 Å². The first-order chi connectivity index (χ1) is 8.97. The van der Waals surface area contributed by atoms with Crippen molar-refractivity contribution in [3.63, 3.8) is 0 Å². The van der Waals surface area contributed by atoms with Crippen molar-refractivity contribution in [2.24, 2.45) is 7.05 Å². The summed E-state index contributed by atoms with van der Waals surface area (Å²) >= 11 is 1.36. The van der Waals surface area contributed by atoms with Crippen molar-refractivity contribution in [2.75, 3.05) is 0 Å². The molecule has 1 heterocycles. The molecule has 1 aromatic heterocycles. The van der Waals surface area contributed by atoms with Gasteiger partial charge in [0.2, 0.25) is 0 Å². The zero-order valence-electron chi connectivity index (χ0n) is 10.4. The number of nitrogens with zero attached hydrogens (tertiary/aromatic N) is 3. The highest BCUT2D eigenvalue weighted by molar-refractivity contribution is 7.99. The highest BCUT2D eigenvalue weighted by Gasteiger charge is 2.15. The molecule has 0 fully saturated rings. The number of carbonyl (C=O) groups is 1. The van der Waals surface area contributed by atoms with E-state index >= 15 is 0 Å². The molecular weight excluding hydrogens is 266 g/mol. The third-order valence-corrected chi connectivity index (χ3v) is 3.48. The van der Waals surface area contributed by atoms with Crippen LogP contribution in [0.15, 0.2) is 40.4 Å². The van der Waals surface area contributed by atoms with Crippen molar-refractivity contribution in [1.82, 2.24) is 9.78 Å². The van der Waals surface area contributed by atoms with E-state index in [1.54, 1.807) is 24.0 Å². The number of Topliss-reactive ketones (excluding diaryl/α,β-unsaturated/α-hetero) is 1. The Bertz CT molecular complexity index is 651. The SMILES string of the molecule is CC(=O)c1cc([N+](=O)[O-])ccc1Sc1cnn(C)c1. The van der Waals surface area contributed by atoms with Gasteiger partial charge in [-0.05, 0) is 13.0 Å². The number of aromatic nitrogens is 2. The second-order valence-corrected chi connectivity index (χ2v) is 5.06. The van der Waals surface area contributed by atoms with Gasteiger partial charge < -0.3 is 0 Å². The second kappa shape index (κ2) is 5.23. The lowest BCUT2D eigenvalue weighted by molar-refractivity contribution is -0.384. The Morgan fingerprint density at radius 2 is 2.21 bits per heavy atom. The monoisotopic (exact) mass is 277 g/mol. The molecule has 0 aliphatic carbocycles. The molecule has 0 spiro atoms. The van der Waals surface area contributed by atoms with Gasteiger partial charge in [-0.15, -0.1) is 0 Å². The van der Waals surface area contributed by atoms with Crippen LogP contribution < -0.4 is 0 Å². The number of benzene rings is 1. The molecule has 19 heavy (non-hydrogen) atoms. The number of aryl methyl sites for hydroxylation is 1. The summed E-state index contributed by atoms with van der Waals surface area (Å²) in [5.74, 6) is -0.199. The zero-order chi connectivity index (χ0) is 14.0. The van der Waals surface area contributed by atoms with Gasteiger partial charge in [0.1, 0.15) is 0 Å². The predicted octanol–water partition coefficient (Wildman–Crippen LogP) is 2.68. The molecule has 2 rings (SSSR count). The lowest BCUT2D eigenvalue weighted by Gasteiger charge is -2.04. The van der Waals surface area contributed by atoms with Crippen LogP contribution in [0, 0.1) is 10.1 Å². The van der Waals surface area contributed by atoms with Gasteiger partial charge in [-0.2, -0.15) is 5.10 Å². The normalized spacial score (nSPS) is 10.4. The summed E-state index contributed by atoms with van der Waals surface area (Å²) in [6.07, 6.45) is 3.49. The molecule has 6 nitrogen and oxygen atoms in total. The first-order valence-corrected chi connectivity index (χ1v) is 6.25. The molecule has 0 atom stereocenters. The van der Waals surface area contributed by atoms with Crippen LogP contribution in [0.4, 0.5) is 5.69 Å². The lowest BCUT2D eigenvalue weighted by Crippen LogP contribution is -1.97. The van der Waals surface area contributed by atoms with Gasteiger partial charge in [0, 0.05) is 35.8 Å². The fourth-order valence-electron chi connectivity index (χ4n) is 1.57. The standard InChI is InChI=1S/C12H11N3O3S/c1-8(16)11-5-9(15(17)18)3-4-12(11)19-10-6-13-14(2)7-10/h3-7H,1-2H3. The van der Waals surface area contributed by atoms with Crippen LogP contribution in [-0.2, 0) is 7.05 Å². The Labute approximate surface area is 113 Å². The molecule has 0 saturated heterocycles. The molecule has 0 N–H and O–H groups in total. The lowest BCUT2D eigenvalue weighted by atomic mass is 10.1. The minimum atomic E-state index is -0.509. The van der Waals surface area contributed by atoms with Crippen molar-refractivity contribution < 1.29 is 9.72 Å². The average molecular weight is 277 g/mol. The topological polar surface area (TPSA) is 78.0 Å². The van der Waals surface area contributed by atoms with E-state index in [4.69, 9.17) is 0 Å². The van der Waals surface area contributed by atoms with Crippen LogP contribution in [0.5, 0.6) is 0 Å². The summed E-state index contributed by atoms with van der Waals surface area (Å²) in [4.78, 5) is 23.4. The molecule has 0 amide bonds. The Morgan fingerprint density at radius 1 is 1.47 bits per heavy atom. The van der Waals surface area contributed by atoms with Gasteiger partial charge in [0.25, 0.3) is 5.69 Å². The predicted molar refractivity (Wildman–Crippen MR) is 70.4 cm³/mol. The molecule has 0 unspecified atom stereocenters. The van der Waals surface area contributed by atoms with Crippen LogP contribution in [0.2, 0.25) is 0 Å². The highest BCUT2D eigenvalue weighted by atomic mass is 32.2. The Hall–Kier alpha value is -2.15. The third-order valence-electron chi connectivity index (χ3n) is 2.46. The Morgan fingerprint density at radius 3 is 2.74 bits per heavy atom. The van der Waals surface area contributed by atoms with Gasteiger partial charge in [0.05, 0.1) is 16.0 Å². The summed E-state index contributed by atoms with van der Waals surface area (Å²) in [7, 11) is 1.80. The molecule has 1 aromatic carbocycles. The first kappa shape index (κ1) is 13.3. The molecule has 7 heteroatoms. The number of rotatable bonds is 4. The summed E-state index contributed by atoms with van der Waals surface area (Å²) in [6.45, 7) is 1.40. The summed E-state index contributed by atoms with van der Waals surface area (Å²) in [5, 5.41) is 14.8. The number of carbonyl (C=O) groups excluding carboxylic acids is 1. The summed E-state index contributed by atoms with van der Waals surface area (Å²) in [6, 6.07) is 4.29. The maximum atomic E-state index is 11.6. The van der Waals surface area contributed by atoms with E-state index in [1.165, 1.54) is 30.8 Å². The van der Waals surface area contributed by atoms with Crippen molar-refractivity contribution in [3.05, 3.63) is 46.3 Å². The van der Waals surface area contributed by atoms with Gasteiger partial charge in [-0.1, -0.05) is 11.8 Å². The van der Waals surface area contributed by atoms with Crippen LogP contribution in [0.3, 0.4) is 0 Å². The molecule has 2 aromatic rings. The number of nitro benzene ring substituents is 1. The van der Waals surface area contributed by atoms with Gasteiger partial charge in [-0.25, -0.2) is 0 Å². The molecule has 0 bridgehead atoms. The summed E-state index contributed by atoms with van der Waals surface area (Å²) in [5.41, 5.74) is 0.267. The van der Waals surface area contributed by atoms with E-state index in [-0.39, 0.29) is 11.5 Å². The molecular formula is C12H11N3O3S. The van der Waals surface area contributed by atoms with E-state index < -0.39 is 4.92 Å². The van der Waals surface area contributed by atoms with E-state index in [0.717, 1.165) is 4.90 Å². The van der Waals surface area contributed by atoms with Crippen LogP contribution in [0.1, 0.15) is 17.3 Å². The molecule has 98 valence electrons. The largest absolute Gasteiger partial charge is 0.294 e. The minimum Gasteiger partial charge on any atom is -0.294 e. The smallest absolute Gasteiger partial charge is 0.270 e. The van der Waals surface area contributed by atoms with Gasteiger partial charge in [-0.3, -0.25) is 19.6 Å². The molecule has 0 radical (unpaired) electrons. The average Bonchev–Trinajstić information content (AvgIpc) is 2.74. The number of hydrogen-bond acceptors (Lipinski definition) is 5. The van der Waals surface area contributed by atoms with Crippen molar-refractivity contribution in [2.45, 2.75) is 16.7 Å². The summed E-state index contributed by atoms with van der Waals surface area (Å²) < 4.78 is 1.65. The van der Waals surface area contributed by atoms with E-state index in [1.807, 2.05) is 6.20 Å². The Balaban J connectivity index is 2.39. The van der Waals surface area contributed by atoms with Gasteiger partial charge >= 0.3 is 0 Å². The molecule has 0 saturated carbocycles. The highest BCUT2D eigenvalue weighted by Crippen LogP contribution is 2.32. The Kier molecular flexibility index (Phi) is 3.66. The number of ketones is 1. The zero-order valence-corrected chi connectivity index (χ0v) is 11.2. The minimum absolute atomic E-state index is 0.0827.